The Balaban J connectivity index is 2.21. The summed E-state index contributed by atoms with van der Waals surface area (Å²) in [5, 5.41) is 1.60. The molecule has 3 amide bonds. The van der Waals surface area contributed by atoms with Gasteiger partial charge in [-0.05, 0) is 24.3 Å². The van der Waals surface area contributed by atoms with Crippen molar-refractivity contribution in [2.24, 2.45) is 0 Å². The van der Waals surface area contributed by atoms with Gasteiger partial charge in [-0.15, -0.1) is 0 Å². The third kappa shape index (κ3) is 6.26. The molecule has 0 bridgehead atoms. The van der Waals surface area contributed by atoms with Gasteiger partial charge >= 0.3 is 18.3 Å². The van der Waals surface area contributed by atoms with Crippen LogP contribution in [0.4, 0.5) is 50.0 Å². The van der Waals surface area contributed by atoms with E-state index < -0.39 is 74.6 Å². The molecule has 0 unspecified atom stereocenters. The number of imide groups is 1. The molecule has 0 saturated heterocycles. The Labute approximate surface area is 193 Å². The molecule has 5 nitrogen and oxygen atoms in total. The number of rotatable bonds is 5. The molecule has 2 N–H and O–H groups in total. The van der Waals surface area contributed by atoms with Crippen molar-refractivity contribution in [1.82, 2.24) is 5.32 Å². The van der Waals surface area contributed by atoms with Gasteiger partial charge in [-0.1, -0.05) is 29.3 Å². The highest BCUT2D eigenvalue weighted by Gasteiger charge is 2.50. The standard InChI is InChI=1S/C18H7Cl2F9N2O3/c19-7-4-6(30-16(33)31-15(32)11-9(21)2-1-3-10(11)22)5-8(20)12(7)34-18(28,29)14(24)13(23)17(25,26)27/h1-5H,(H2,30,31,32,33). The Morgan fingerprint density at radius 1 is 0.882 bits per heavy atom. The molecule has 0 heterocycles. The van der Waals surface area contributed by atoms with Crippen molar-refractivity contribution in [3.63, 3.8) is 0 Å². The number of carbonyl (C=O) groups excluding carboxylic acids is 2. The second-order valence-corrected chi connectivity index (χ2v) is 6.83. The van der Waals surface area contributed by atoms with Crippen LogP contribution in [0.3, 0.4) is 0 Å². The molecule has 0 spiro atoms. The van der Waals surface area contributed by atoms with Crippen molar-refractivity contribution >= 4 is 40.8 Å². The maximum Gasteiger partial charge on any atom is 0.457 e. The zero-order valence-electron chi connectivity index (χ0n) is 15.8. The van der Waals surface area contributed by atoms with E-state index in [-0.39, 0.29) is 0 Å². The second-order valence-electron chi connectivity index (χ2n) is 6.02. The Morgan fingerprint density at radius 3 is 1.85 bits per heavy atom. The van der Waals surface area contributed by atoms with Crippen LogP contribution < -0.4 is 15.4 Å². The summed E-state index contributed by atoms with van der Waals surface area (Å²) in [6, 6.07) is 2.27. The number of ether oxygens (including phenoxy) is 1. The summed E-state index contributed by atoms with van der Waals surface area (Å²) in [7, 11) is 0. The van der Waals surface area contributed by atoms with Gasteiger partial charge in [0.1, 0.15) is 17.2 Å². The zero-order valence-corrected chi connectivity index (χ0v) is 17.3. The van der Waals surface area contributed by atoms with Crippen molar-refractivity contribution in [3.05, 3.63) is 69.2 Å². The number of hydrogen-bond donors (Lipinski definition) is 2. The highest BCUT2D eigenvalue weighted by atomic mass is 35.5. The maximum atomic E-state index is 13.6. The van der Waals surface area contributed by atoms with E-state index in [9.17, 15) is 49.1 Å². The van der Waals surface area contributed by atoms with Crippen molar-refractivity contribution in [1.29, 1.82) is 0 Å². The lowest BCUT2D eigenvalue weighted by Gasteiger charge is -2.19. The topological polar surface area (TPSA) is 67.4 Å². The molecule has 2 aromatic rings. The van der Waals surface area contributed by atoms with E-state index in [2.05, 4.69) is 4.74 Å². The minimum Gasteiger partial charge on any atom is -0.424 e. The van der Waals surface area contributed by atoms with Gasteiger partial charge in [0, 0.05) is 5.69 Å². The lowest BCUT2D eigenvalue weighted by molar-refractivity contribution is -0.169. The van der Waals surface area contributed by atoms with Crippen molar-refractivity contribution in [2.75, 3.05) is 5.32 Å². The lowest BCUT2D eigenvalue weighted by Crippen LogP contribution is -2.35. The first kappa shape index (κ1) is 27.1. The molecule has 0 aromatic heterocycles. The molecular formula is C18H7Cl2F9N2O3. The summed E-state index contributed by atoms with van der Waals surface area (Å²) >= 11 is 11.2. The number of allylic oxidation sites excluding steroid dienone is 1. The Morgan fingerprint density at radius 2 is 1.38 bits per heavy atom. The minimum atomic E-state index is -6.07. The Hall–Kier alpha value is -3.13. The van der Waals surface area contributed by atoms with E-state index in [0.29, 0.717) is 12.1 Å². The van der Waals surface area contributed by atoms with Gasteiger partial charge < -0.3 is 10.1 Å². The average Bonchev–Trinajstić information content (AvgIpc) is 2.68. The Kier molecular flexibility index (Phi) is 7.98. The maximum absolute atomic E-state index is 13.6. The third-order valence-corrected chi connectivity index (χ3v) is 4.16. The highest BCUT2D eigenvalue weighted by molar-refractivity contribution is 6.37. The van der Waals surface area contributed by atoms with E-state index in [0.717, 1.165) is 18.2 Å². The molecule has 2 rings (SSSR count). The van der Waals surface area contributed by atoms with Crippen molar-refractivity contribution in [3.8, 4) is 5.75 Å². The molecule has 16 heteroatoms. The molecule has 0 aliphatic rings. The monoisotopic (exact) mass is 540 g/mol. The minimum absolute atomic E-state index is 0.442. The molecule has 0 aliphatic heterocycles. The molecule has 0 saturated carbocycles. The fraction of sp³-hybridized carbons (Fsp3) is 0.111. The van der Waals surface area contributed by atoms with E-state index in [1.165, 1.54) is 0 Å². The molecule has 34 heavy (non-hydrogen) atoms. The van der Waals surface area contributed by atoms with Crippen LogP contribution in [0.25, 0.3) is 0 Å². The Bertz CT molecular complexity index is 1130. The van der Waals surface area contributed by atoms with Gasteiger partial charge in [-0.3, -0.25) is 10.1 Å². The number of hydrogen-bond acceptors (Lipinski definition) is 3. The van der Waals surface area contributed by atoms with Crippen molar-refractivity contribution < 1.29 is 53.8 Å². The second kappa shape index (κ2) is 10.0. The van der Waals surface area contributed by atoms with Gasteiger partial charge in [-0.2, -0.15) is 30.7 Å². The van der Waals surface area contributed by atoms with Crippen LogP contribution in [0.2, 0.25) is 10.0 Å². The van der Waals surface area contributed by atoms with Gasteiger partial charge in [0.15, 0.2) is 5.75 Å². The quantitative estimate of drug-likeness (QED) is 0.404. The fourth-order valence-electron chi connectivity index (χ4n) is 2.20. The van der Waals surface area contributed by atoms with E-state index >= 15 is 0 Å². The van der Waals surface area contributed by atoms with Crippen LogP contribution >= 0.6 is 23.2 Å². The normalized spacial score (nSPS) is 12.7. The SMILES string of the molecule is O=C(NC(=O)c1c(F)cccc1F)Nc1cc(Cl)c(OC(F)(F)C(F)=C(F)C(F)(F)F)c(Cl)c1. The molecule has 2 aromatic carbocycles. The third-order valence-electron chi connectivity index (χ3n) is 3.60. The van der Waals surface area contributed by atoms with Crippen molar-refractivity contribution in [2.45, 2.75) is 12.3 Å². The summed E-state index contributed by atoms with van der Waals surface area (Å²) < 4.78 is 121. The van der Waals surface area contributed by atoms with Crippen LogP contribution in [-0.2, 0) is 0 Å². The van der Waals surface area contributed by atoms with Crippen LogP contribution in [0.15, 0.2) is 42.0 Å². The average molecular weight is 541 g/mol. The molecule has 0 aliphatic carbocycles. The predicted octanol–water partition coefficient (Wildman–Crippen LogP) is 6.92. The lowest BCUT2D eigenvalue weighted by atomic mass is 10.2. The summed E-state index contributed by atoms with van der Waals surface area (Å²) in [5.74, 6) is -12.7. The van der Waals surface area contributed by atoms with Gasteiger partial charge in [-0.25, -0.2) is 13.6 Å². The first-order valence-electron chi connectivity index (χ1n) is 8.29. The fourth-order valence-corrected chi connectivity index (χ4v) is 2.76. The van der Waals surface area contributed by atoms with Crippen LogP contribution in [0.1, 0.15) is 10.4 Å². The number of amides is 3. The van der Waals surface area contributed by atoms with Crippen LogP contribution in [0.5, 0.6) is 5.75 Å². The van der Waals surface area contributed by atoms with Crippen LogP contribution in [0, 0.1) is 11.6 Å². The number of carbonyl (C=O) groups is 2. The van der Waals surface area contributed by atoms with E-state index in [1.807, 2.05) is 5.32 Å². The summed E-state index contributed by atoms with van der Waals surface area (Å²) in [4.78, 5) is 23.7. The summed E-state index contributed by atoms with van der Waals surface area (Å²) in [5.41, 5.74) is -1.54. The molecular weight excluding hydrogens is 534 g/mol. The first-order chi connectivity index (χ1) is 15.5. The number of nitrogens with one attached hydrogen (secondary N) is 2. The zero-order chi connectivity index (χ0) is 26.0. The smallest absolute Gasteiger partial charge is 0.424 e. The first-order valence-corrected chi connectivity index (χ1v) is 9.05. The van der Waals surface area contributed by atoms with Gasteiger partial charge in [0.25, 0.3) is 11.7 Å². The number of alkyl halides is 5. The van der Waals surface area contributed by atoms with Gasteiger partial charge in [0.2, 0.25) is 5.83 Å². The number of urea groups is 1. The molecule has 0 fully saturated rings. The van der Waals surface area contributed by atoms with E-state index in [1.54, 1.807) is 5.32 Å². The van der Waals surface area contributed by atoms with E-state index in [4.69, 9.17) is 23.2 Å². The molecule has 0 radical (unpaired) electrons. The summed E-state index contributed by atoms with van der Waals surface area (Å²) in [6.45, 7) is 0. The highest BCUT2D eigenvalue weighted by Crippen LogP contribution is 2.43. The van der Waals surface area contributed by atoms with Gasteiger partial charge in [0.05, 0.1) is 10.0 Å². The number of benzene rings is 2. The molecule has 0 atom stereocenters. The number of halogens is 11. The predicted molar refractivity (Wildman–Crippen MR) is 100 cm³/mol. The molecule has 184 valence electrons. The van der Waals surface area contributed by atoms with Crippen LogP contribution in [-0.4, -0.2) is 24.2 Å². The summed E-state index contributed by atoms with van der Waals surface area (Å²) in [6.07, 6.45) is -11.6. The number of anilines is 1. The largest absolute Gasteiger partial charge is 0.457 e.